The van der Waals surface area contributed by atoms with E-state index in [1.807, 2.05) is 31.2 Å². The summed E-state index contributed by atoms with van der Waals surface area (Å²) in [5, 5.41) is 2.88. The molecule has 0 spiro atoms. The fraction of sp³-hybridized carbons (Fsp3) is 0.333. The van der Waals surface area contributed by atoms with Crippen LogP contribution in [0.4, 0.5) is 5.69 Å². The van der Waals surface area contributed by atoms with Crippen LogP contribution in [0.15, 0.2) is 41.3 Å². The highest BCUT2D eigenvalue weighted by Crippen LogP contribution is 2.22. The smallest absolute Gasteiger partial charge is 0.224 e. The van der Waals surface area contributed by atoms with Gasteiger partial charge in [0.05, 0.1) is 6.20 Å². The summed E-state index contributed by atoms with van der Waals surface area (Å²) in [5.74, 6) is 0.679. The summed E-state index contributed by atoms with van der Waals surface area (Å²) in [4.78, 5) is 15.7. The van der Waals surface area contributed by atoms with E-state index in [4.69, 9.17) is 10.2 Å². The van der Waals surface area contributed by atoms with E-state index in [1.165, 1.54) is 6.39 Å². The summed E-state index contributed by atoms with van der Waals surface area (Å²) in [6.45, 7) is 1.94. The van der Waals surface area contributed by atoms with Crippen molar-refractivity contribution >= 4 is 11.6 Å². The molecular formula is C15H19N3O2. The lowest BCUT2D eigenvalue weighted by Gasteiger charge is -2.07. The quantitative estimate of drug-likeness (QED) is 0.848. The molecule has 106 valence electrons. The van der Waals surface area contributed by atoms with E-state index in [-0.39, 0.29) is 11.9 Å². The maximum Gasteiger partial charge on any atom is 0.224 e. The number of anilines is 1. The number of carbonyl (C=O) groups excluding carboxylic acids is 1. The van der Waals surface area contributed by atoms with Gasteiger partial charge in [-0.3, -0.25) is 4.79 Å². The van der Waals surface area contributed by atoms with Crippen molar-refractivity contribution in [3.05, 3.63) is 36.9 Å². The van der Waals surface area contributed by atoms with Crippen LogP contribution in [-0.2, 0) is 4.79 Å². The standard InChI is InChI=1S/C15H19N3O2/c1-11(16)4-2-7-15(19)18-13-6-3-5-12(8-13)14-9-17-10-20-14/h3,5-6,8-11H,2,4,7,16H2,1H3,(H,18,19). The van der Waals surface area contributed by atoms with Crippen molar-refractivity contribution in [2.24, 2.45) is 5.73 Å². The second kappa shape index (κ2) is 6.86. The van der Waals surface area contributed by atoms with Gasteiger partial charge in [-0.05, 0) is 31.9 Å². The van der Waals surface area contributed by atoms with E-state index in [0.717, 1.165) is 24.1 Å². The first-order chi connectivity index (χ1) is 9.65. The van der Waals surface area contributed by atoms with Crippen LogP contribution in [0.2, 0.25) is 0 Å². The fourth-order valence-corrected chi connectivity index (χ4v) is 1.92. The predicted octanol–water partition coefficient (Wildman–Crippen LogP) is 2.80. The number of benzene rings is 1. The Labute approximate surface area is 118 Å². The largest absolute Gasteiger partial charge is 0.444 e. The SMILES string of the molecule is CC(N)CCCC(=O)Nc1cccc(-c2cnco2)c1. The number of nitrogens with zero attached hydrogens (tertiary/aromatic N) is 1. The zero-order valence-corrected chi connectivity index (χ0v) is 11.5. The predicted molar refractivity (Wildman–Crippen MR) is 78.1 cm³/mol. The van der Waals surface area contributed by atoms with Crippen molar-refractivity contribution in [2.45, 2.75) is 32.2 Å². The van der Waals surface area contributed by atoms with E-state index in [1.54, 1.807) is 6.20 Å². The number of hydrogen-bond donors (Lipinski definition) is 2. The zero-order chi connectivity index (χ0) is 14.4. The molecule has 2 rings (SSSR count). The summed E-state index contributed by atoms with van der Waals surface area (Å²) >= 11 is 0. The van der Waals surface area contributed by atoms with Gasteiger partial charge in [-0.25, -0.2) is 4.98 Å². The molecular weight excluding hydrogens is 254 g/mol. The normalized spacial score (nSPS) is 12.1. The van der Waals surface area contributed by atoms with E-state index >= 15 is 0 Å². The number of aromatic nitrogens is 1. The lowest BCUT2D eigenvalue weighted by molar-refractivity contribution is -0.116. The Morgan fingerprint density at radius 3 is 3.05 bits per heavy atom. The Kier molecular flexibility index (Phi) is 4.90. The molecule has 5 nitrogen and oxygen atoms in total. The molecule has 1 heterocycles. The van der Waals surface area contributed by atoms with Crippen molar-refractivity contribution < 1.29 is 9.21 Å². The number of carbonyl (C=O) groups is 1. The third-order valence-electron chi connectivity index (χ3n) is 2.93. The number of oxazole rings is 1. The average Bonchev–Trinajstić information content (AvgIpc) is 2.92. The van der Waals surface area contributed by atoms with Crippen LogP contribution in [0.25, 0.3) is 11.3 Å². The topological polar surface area (TPSA) is 81.2 Å². The van der Waals surface area contributed by atoms with E-state index in [9.17, 15) is 4.79 Å². The van der Waals surface area contributed by atoms with Crippen LogP contribution < -0.4 is 11.1 Å². The van der Waals surface area contributed by atoms with Crippen LogP contribution in [-0.4, -0.2) is 16.9 Å². The third-order valence-corrected chi connectivity index (χ3v) is 2.93. The molecule has 1 amide bonds. The number of hydrogen-bond acceptors (Lipinski definition) is 4. The van der Waals surface area contributed by atoms with Crippen LogP contribution in [0.3, 0.4) is 0 Å². The molecule has 0 radical (unpaired) electrons. The molecule has 1 unspecified atom stereocenters. The Morgan fingerprint density at radius 2 is 2.35 bits per heavy atom. The first kappa shape index (κ1) is 14.3. The van der Waals surface area contributed by atoms with Crippen molar-refractivity contribution in [3.63, 3.8) is 0 Å². The van der Waals surface area contributed by atoms with Gasteiger partial charge in [-0.15, -0.1) is 0 Å². The molecule has 0 bridgehead atoms. The van der Waals surface area contributed by atoms with Crippen molar-refractivity contribution in [3.8, 4) is 11.3 Å². The zero-order valence-electron chi connectivity index (χ0n) is 11.5. The summed E-state index contributed by atoms with van der Waals surface area (Å²) in [7, 11) is 0. The second-order valence-corrected chi connectivity index (χ2v) is 4.86. The second-order valence-electron chi connectivity index (χ2n) is 4.86. The first-order valence-corrected chi connectivity index (χ1v) is 6.69. The van der Waals surface area contributed by atoms with Gasteiger partial charge in [0, 0.05) is 23.7 Å². The number of nitrogens with one attached hydrogen (secondary N) is 1. The molecule has 0 fully saturated rings. The molecule has 3 N–H and O–H groups in total. The maximum atomic E-state index is 11.8. The summed E-state index contributed by atoms with van der Waals surface area (Å²) in [6, 6.07) is 7.63. The minimum atomic E-state index is 0.000342. The Morgan fingerprint density at radius 1 is 1.50 bits per heavy atom. The van der Waals surface area contributed by atoms with Crippen molar-refractivity contribution in [2.75, 3.05) is 5.32 Å². The molecule has 0 aliphatic carbocycles. The highest BCUT2D eigenvalue weighted by molar-refractivity contribution is 5.91. The Bertz CT molecular complexity index is 550. The summed E-state index contributed by atoms with van der Waals surface area (Å²) in [5.41, 5.74) is 7.30. The molecule has 0 saturated carbocycles. The first-order valence-electron chi connectivity index (χ1n) is 6.69. The van der Waals surface area contributed by atoms with E-state index < -0.39 is 0 Å². The van der Waals surface area contributed by atoms with Gasteiger partial charge in [0.1, 0.15) is 0 Å². The molecule has 2 aromatic rings. The minimum Gasteiger partial charge on any atom is -0.444 e. The molecule has 0 saturated heterocycles. The highest BCUT2D eigenvalue weighted by atomic mass is 16.3. The van der Waals surface area contributed by atoms with E-state index in [0.29, 0.717) is 12.2 Å². The highest BCUT2D eigenvalue weighted by Gasteiger charge is 2.06. The molecule has 1 aromatic carbocycles. The van der Waals surface area contributed by atoms with Crippen LogP contribution in [0.5, 0.6) is 0 Å². The number of amides is 1. The van der Waals surface area contributed by atoms with Crippen LogP contribution in [0, 0.1) is 0 Å². The monoisotopic (exact) mass is 273 g/mol. The van der Waals surface area contributed by atoms with Gasteiger partial charge in [0.15, 0.2) is 12.2 Å². The molecule has 1 atom stereocenters. The van der Waals surface area contributed by atoms with Crippen LogP contribution >= 0.6 is 0 Å². The Balaban J connectivity index is 1.93. The van der Waals surface area contributed by atoms with Gasteiger partial charge >= 0.3 is 0 Å². The Hall–Kier alpha value is -2.14. The van der Waals surface area contributed by atoms with Gasteiger partial charge in [0.2, 0.25) is 5.91 Å². The van der Waals surface area contributed by atoms with Crippen molar-refractivity contribution in [1.82, 2.24) is 4.98 Å². The summed E-state index contributed by atoms with van der Waals surface area (Å²) in [6.07, 6.45) is 5.16. The van der Waals surface area contributed by atoms with Gasteiger partial charge in [-0.2, -0.15) is 0 Å². The molecule has 5 heteroatoms. The van der Waals surface area contributed by atoms with Crippen molar-refractivity contribution in [1.29, 1.82) is 0 Å². The lowest BCUT2D eigenvalue weighted by atomic mass is 10.1. The molecule has 0 aliphatic rings. The average molecular weight is 273 g/mol. The van der Waals surface area contributed by atoms with Gasteiger partial charge in [-0.1, -0.05) is 12.1 Å². The molecule has 0 aliphatic heterocycles. The number of rotatable bonds is 6. The maximum absolute atomic E-state index is 11.8. The third kappa shape index (κ3) is 4.20. The fourth-order valence-electron chi connectivity index (χ4n) is 1.92. The van der Waals surface area contributed by atoms with E-state index in [2.05, 4.69) is 10.3 Å². The summed E-state index contributed by atoms with van der Waals surface area (Å²) < 4.78 is 5.23. The number of nitrogens with two attached hydrogens (primary N) is 1. The minimum absolute atomic E-state index is 0.000342. The van der Waals surface area contributed by atoms with Gasteiger partial charge < -0.3 is 15.5 Å². The molecule has 20 heavy (non-hydrogen) atoms. The molecule has 1 aromatic heterocycles. The van der Waals surface area contributed by atoms with Gasteiger partial charge in [0.25, 0.3) is 0 Å². The van der Waals surface area contributed by atoms with Crippen LogP contribution in [0.1, 0.15) is 26.2 Å². The lowest BCUT2D eigenvalue weighted by Crippen LogP contribution is -2.16.